The molecule has 1 unspecified atom stereocenters. The van der Waals surface area contributed by atoms with E-state index < -0.39 is 5.92 Å². The van der Waals surface area contributed by atoms with Crippen LogP contribution in [0.3, 0.4) is 0 Å². The summed E-state index contributed by atoms with van der Waals surface area (Å²) < 4.78 is 3.26. The van der Waals surface area contributed by atoms with E-state index in [1.165, 1.54) is 6.33 Å². The molecule has 0 aliphatic carbocycles. The number of rotatable bonds is 6. The Hall–Kier alpha value is -4.39. The molecule has 34 heavy (non-hydrogen) atoms. The molecule has 0 N–H and O–H groups in total. The third-order valence-electron chi connectivity index (χ3n) is 5.91. The zero-order valence-corrected chi connectivity index (χ0v) is 18.6. The van der Waals surface area contributed by atoms with Crippen molar-refractivity contribution < 1.29 is 9.59 Å². The van der Waals surface area contributed by atoms with Crippen LogP contribution in [0.1, 0.15) is 39.1 Å². The van der Waals surface area contributed by atoms with Gasteiger partial charge >= 0.3 is 0 Å². The first-order valence-corrected chi connectivity index (χ1v) is 10.9. The monoisotopic (exact) mass is 448 g/mol. The van der Waals surface area contributed by atoms with Crippen LogP contribution in [0.15, 0.2) is 85.6 Å². The third kappa shape index (κ3) is 3.81. The fourth-order valence-electron chi connectivity index (χ4n) is 4.02. The second-order valence-corrected chi connectivity index (χ2v) is 8.02. The maximum Gasteiger partial charge on any atom is 0.239 e. The van der Waals surface area contributed by atoms with Gasteiger partial charge in [0.1, 0.15) is 6.33 Å². The number of hydrogen-bond donors (Lipinski definition) is 0. The Morgan fingerprint density at radius 3 is 2.56 bits per heavy atom. The third-order valence-corrected chi connectivity index (χ3v) is 5.91. The van der Waals surface area contributed by atoms with E-state index in [0.717, 1.165) is 16.5 Å². The van der Waals surface area contributed by atoms with Crippen LogP contribution in [0.25, 0.3) is 22.3 Å². The summed E-state index contributed by atoms with van der Waals surface area (Å²) in [7, 11) is 0. The standard InChI is InChI=1S/C27H22N5O2/c1-3-31-16-22(15-30-31)24-23-12-13-32(26(23)29-17-28-24)27(34)18(2)20-10-7-11-21(14-20)25(33)19-8-5-4-6-9-19/h4-18H,1,3H2,2H3. The van der Waals surface area contributed by atoms with Gasteiger partial charge < -0.3 is 0 Å². The molecule has 5 aromatic rings. The van der Waals surface area contributed by atoms with Crippen molar-refractivity contribution in [3.05, 3.63) is 109 Å². The van der Waals surface area contributed by atoms with Crippen LogP contribution in [0, 0.1) is 6.92 Å². The van der Waals surface area contributed by atoms with Crippen molar-refractivity contribution in [3.8, 4) is 11.3 Å². The largest absolute Gasteiger partial charge is 0.289 e. The molecular weight excluding hydrogens is 426 g/mol. The van der Waals surface area contributed by atoms with E-state index in [1.54, 1.807) is 45.9 Å². The Morgan fingerprint density at radius 1 is 1.00 bits per heavy atom. The number of aromatic nitrogens is 5. The van der Waals surface area contributed by atoms with Gasteiger partial charge in [-0.25, -0.2) is 9.97 Å². The van der Waals surface area contributed by atoms with Gasteiger partial charge in [-0.05, 0) is 31.5 Å². The van der Waals surface area contributed by atoms with Crippen LogP contribution in [-0.4, -0.2) is 36.0 Å². The first kappa shape index (κ1) is 21.5. The van der Waals surface area contributed by atoms with Crippen LogP contribution >= 0.6 is 0 Å². The summed E-state index contributed by atoms with van der Waals surface area (Å²) in [5, 5.41) is 5.03. The van der Waals surface area contributed by atoms with Crippen molar-refractivity contribution in [2.45, 2.75) is 19.4 Å². The molecule has 1 atom stereocenters. The summed E-state index contributed by atoms with van der Waals surface area (Å²) >= 11 is 0. The number of carbonyl (C=O) groups is 2. The summed E-state index contributed by atoms with van der Waals surface area (Å²) in [6.07, 6.45) is 6.76. The van der Waals surface area contributed by atoms with Crippen molar-refractivity contribution in [1.82, 2.24) is 24.3 Å². The minimum absolute atomic E-state index is 0.0753. The quantitative estimate of drug-likeness (QED) is 0.348. The Bertz CT molecular complexity index is 1500. The van der Waals surface area contributed by atoms with Gasteiger partial charge in [0.2, 0.25) is 5.91 Å². The molecule has 7 nitrogen and oxygen atoms in total. The molecule has 3 aromatic heterocycles. The van der Waals surface area contributed by atoms with Gasteiger partial charge in [0.25, 0.3) is 0 Å². The van der Waals surface area contributed by atoms with Crippen molar-refractivity contribution in [2.75, 3.05) is 0 Å². The Labute approximate surface area is 196 Å². The van der Waals surface area contributed by atoms with Crippen LogP contribution in [0.4, 0.5) is 0 Å². The van der Waals surface area contributed by atoms with Crippen molar-refractivity contribution >= 4 is 22.7 Å². The minimum Gasteiger partial charge on any atom is -0.289 e. The number of benzene rings is 2. The normalized spacial score (nSPS) is 12.1. The number of hydrogen-bond acceptors (Lipinski definition) is 5. The molecule has 167 valence electrons. The number of ketones is 1. The van der Waals surface area contributed by atoms with E-state index in [-0.39, 0.29) is 11.7 Å². The lowest BCUT2D eigenvalue weighted by Crippen LogP contribution is -2.18. The van der Waals surface area contributed by atoms with E-state index in [9.17, 15) is 9.59 Å². The summed E-state index contributed by atoms with van der Waals surface area (Å²) in [6.45, 7) is 6.18. The average molecular weight is 449 g/mol. The first-order valence-electron chi connectivity index (χ1n) is 10.9. The van der Waals surface area contributed by atoms with E-state index in [1.807, 2.05) is 49.5 Å². The number of fused-ring (bicyclic) bond motifs is 1. The van der Waals surface area contributed by atoms with Gasteiger partial charge in [-0.15, -0.1) is 0 Å². The molecule has 2 aromatic carbocycles. The fourth-order valence-corrected chi connectivity index (χ4v) is 4.02. The minimum atomic E-state index is -0.480. The molecule has 0 fully saturated rings. The summed E-state index contributed by atoms with van der Waals surface area (Å²) in [6, 6.07) is 18.2. The SMILES string of the molecule is [CH2]Cn1cc(-c2ncnc3c2ccn3C(=O)C(C)c2cccc(C(=O)c3ccccc3)c2)cn1. The van der Waals surface area contributed by atoms with Crippen molar-refractivity contribution in [1.29, 1.82) is 0 Å². The Morgan fingerprint density at radius 2 is 1.79 bits per heavy atom. The zero-order valence-electron chi connectivity index (χ0n) is 18.6. The lowest BCUT2D eigenvalue weighted by Gasteiger charge is -2.13. The highest BCUT2D eigenvalue weighted by Gasteiger charge is 2.22. The van der Waals surface area contributed by atoms with Gasteiger partial charge in [-0.2, -0.15) is 5.10 Å². The van der Waals surface area contributed by atoms with Crippen molar-refractivity contribution in [3.63, 3.8) is 0 Å². The zero-order chi connectivity index (χ0) is 23.7. The maximum absolute atomic E-state index is 13.5. The molecule has 5 rings (SSSR count). The van der Waals surface area contributed by atoms with Gasteiger partial charge in [0, 0.05) is 41.0 Å². The molecule has 0 saturated heterocycles. The lowest BCUT2D eigenvalue weighted by molar-refractivity contribution is 0.0888. The van der Waals surface area contributed by atoms with Gasteiger partial charge in [-0.1, -0.05) is 48.5 Å². The van der Waals surface area contributed by atoms with Crippen LogP contribution in [0.2, 0.25) is 0 Å². The Balaban J connectivity index is 1.47. The predicted molar refractivity (Wildman–Crippen MR) is 129 cm³/mol. The highest BCUT2D eigenvalue weighted by molar-refractivity contribution is 6.09. The molecule has 7 heteroatoms. The number of carbonyl (C=O) groups excluding carboxylic acids is 2. The van der Waals surface area contributed by atoms with Crippen LogP contribution in [-0.2, 0) is 6.54 Å². The predicted octanol–water partition coefficient (Wildman–Crippen LogP) is 4.80. The smallest absolute Gasteiger partial charge is 0.239 e. The molecule has 3 heterocycles. The second kappa shape index (κ2) is 8.86. The molecule has 0 saturated carbocycles. The van der Waals surface area contributed by atoms with E-state index in [4.69, 9.17) is 0 Å². The molecular formula is C27H22N5O2. The number of nitrogens with zero attached hydrogens (tertiary/aromatic N) is 5. The first-order chi connectivity index (χ1) is 16.6. The molecule has 0 spiro atoms. The molecule has 0 bridgehead atoms. The lowest BCUT2D eigenvalue weighted by atomic mass is 9.95. The molecule has 0 amide bonds. The van der Waals surface area contributed by atoms with Crippen LogP contribution < -0.4 is 0 Å². The molecule has 1 radical (unpaired) electrons. The highest BCUT2D eigenvalue weighted by Crippen LogP contribution is 2.28. The summed E-state index contributed by atoms with van der Waals surface area (Å²) in [5.41, 5.74) is 4.00. The molecule has 0 aliphatic heterocycles. The molecule has 0 aliphatic rings. The Kier molecular flexibility index (Phi) is 5.59. The topological polar surface area (TPSA) is 82.7 Å². The average Bonchev–Trinajstić information content (AvgIpc) is 3.55. The van der Waals surface area contributed by atoms with Crippen LogP contribution in [0.5, 0.6) is 0 Å². The van der Waals surface area contributed by atoms with Gasteiger partial charge in [-0.3, -0.25) is 18.8 Å². The van der Waals surface area contributed by atoms with Gasteiger partial charge in [0.05, 0.1) is 17.8 Å². The van der Waals surface area contributed by atoms with Gasteiger partial charge in [0.15, 0.2) is 11.4 Å². The summed E-state index contributed by atoms with van der Waals surface area (Å²) in [4.78, 5) is 35.1. The summed E-state index contributed by atoms with van der Waals surface area (Å²) in [5.74, 6) is -0.697. The maximum atomic E-state index is 13.5. The second-order valence-electron chi connectivity index (χ2n) is 8.02. The van der Waals surface area contributed by atoms with E-state index in [0.29, 0.717) is 29.0 Å². The van der Waals surface area contributed by atoms with E-state index >= 15 is 0 Å². The van der Waals surface area contributed by atoms with E-state index in [2.05, 4.69) is 22.0 Å². The van der Waals surface area contributed by atoms with Crippen molar-refractivity contribution in [2.24, 2.45) is 0 Å². The highest BCUT2D eigenvalue weighted by atomic mass is 16.2. The fraction of sp³-hybridized carbons (Fsp3) is 0.111.